The van der Waals surface area contributed by atoms with Gasteiger partial charge >= 0.3 is 0 Å². The number of rotatable bonds is 5. The minimum Gasteiger partial charge on any atom is -0.512 e. The van der Waals surface area contributed by atoms with Gasteiger partial charge in [0.25, 0.3) is 0 Å². The van der Waals surface area contributed by atoms with Crippen molar-refractivity contribution in [1.82, 2.24) is 9.55 Å². The van der Waals surface area contributed by atoms with Crippen molar-refractivity contribution in [1.29, 1.82) is 0 Å². The topological polar surface area (TPSA) is 41.1 Å². The Balaban J connectivity index is 2.19. The van der Waals surface area contributed by atoms with Gasteiger partial charge in [-0.15, -0.1) is 0 Å². The average Bonchev–Trinajstić information content (AvgIpc) is 2.90. The lowest BCUT2D eigenvalue weighted by Gasteiger charge is -2.25. The van der Waals surface area contributed by atoms with Gasteiger partial charge in [0.15, 0.2) is 6.04 Å². The standard InChI is InChI=1S/C19H27N3O/c1-6-15(19-12-20-13-22(19)5)10-17(23)11-16-9-14(2)7-8-18(16)21(3)4/h6,9-10,12-13,16,18H,3,7-8,11H2,1-2,4-5H3/p+1/b15-6+,17-10+/t16-,18+/m0/s1. The molecular formula is C19H28N3O+. The minimum absolute atomic E-state index is 0.298. The summed E-state index contributed by atoms with van der Waals surface area (Å²) in [5.41, 5.74) is 3.39. The zero-order valence-corrected chi connectivity index (χ0v) is 14.7. The second-order valence-corrected chi connectivity index (χ2v) is 6.51. The average molecular weight is 314 g/mol. The molecule has 0 saturated heterocycles. The van der Waals surface area contributed by atoms with E-state index in [0.29, 0.717) is 24.1 Å². The van der Waals surface area contributed by atoms with Crippen LogP contribution in [0.2, 0.25) is 0 Å². The van der Waals surface area contributed by atoms with Gasteiger partial charge in [-0.2, -0.15) is 0 Å². The smallest absolute Gasteiger partial charge is 0.158 e. The highest BCUT2D eigenvalue weighted by atomic mass is 16.3. The molecule has 1 aliphatic carbocycles. The molecule has 23 heavy (non-hydrogen) atoms. The van der Waals surface area contributed by atoms with Gasteiger partial charge in [-0.25, -0.2) is 9.56 Å². The maximum absolute atomic E-state index is 10.5. The number of aliphatic hydroxyl groups is 1. The summed E-state index contributed by atoms with van der Waals surface area (Å²) in [6, 6.07) is 0.375. The van der Waals surface area contributed by atoms with Crippen LogP contribution < -0.4 is 0 Å². The molecule has 0 fully saturated rings. The van der Waals surface area contributed by atoms with Gasteiger partial charge in [-0.05, 0) is 31.9 Å². The lowest BCUT2D eigenvalue weighted by molar-refractivity contribution is -0.538. The molecule has 0 spiro atoms. The van der Waals surface area contributed by atoms with E-state index in [-0.39, 0.29) is 0 Å². The van der Waals surface area contributed by atoms with E-state index in [4.69, 9.17) is 0 Å². The van der Waals surface area contributed by atoms with Crippen molar-refractivity contribution in [2.24, 2.45) is 13.0 Å². The summed E-state index contributed by atoms with van der Waals surface area (Å²) in [4.78, 5) is 4.15. The van der Waals surface area contributed by atoms with Crippen LogP contribution in [0.15, 0.2) is 42.1 Å². The summed E-state index contributed by atoms with van der Waals surface area (Å²) in [5.74, 6) is 0.703. The van der Waals surface area contributed by atoms with Crippen LogP contribution in [0.25, 0.3) is 5.57 Å². The molecule has 0 unspecified atom stereocenters. The number of imidazole rings is 1. The zero-order chi connectivity index (χ0) is 17.0. The summed E-state index contributed by atoms with van der Waals surface area (Å²) in [6.45, 7) is 8.20. The maximum atomic E-state index is 10.5. The second kappa shape index (κ2) is 7.44. The van der Waals surface area contributed by atoms with Gasteiger partial charge in [0.1, 0.15) is 13.8 Å². The van der Waals surface area contributed by atoms with E-state index in [1.807, 2.05) is 48.5 Å². The van der Waals surface area contributed by atoms with Crippen LogP contribution in [-0.2, 0) is 7.05 Å². The highest BCUT2D eigenvalue weighted by Gasteiger charge is 2.30. The summed E-state index contributed by atoms with van der Waals surface area (Å²) in [6.07, 6.45) is 12.6. The fourth-order valence-electron chi connectivity index (χ4n) is 3.31. The highest BCUT2D eigenvalue weighted by molar-refractivity contribution is 5.71. The minimum atomic E-state index is 0.298. The molecule has 0 radical (unpaired) electrons. The molecule has 2 atom stereocenters. The van der Waals surface area contributed by atoms with Crippen molar-refractivity contribution in [3.05, 3.63) is 47.8 Å². The Morgan fingerprint density at radius 3 is 2.87 bits per heavy atom. The molecule has 4 nitrogen and oxygen atoms in total. The first-order valence-corrected chi connectivity index (χ1v) is 8.15. The fourth-order valence-corrected chi connectivity index (χ4v) is 3.31. The van der Waals surface area contributed by atoms with Crippen molar-refractivity contribution in [3.8, 4) is 0 Å². The normalized spacial score (nSPS) is 22.9. The molecule has 4 heteroatoms. The SMILES string of the molecule is C=[N+](C)[C@@H]1CCC(C)=C[C@H]1C/C(O)=C\C(=C/C)c1cncn1C. The maximum Gasteiger partial charge on any atom is 0.158 e. The number of aryl methyl sites for hydroxylation is 1. The van der Waals surface area contributed by atoms with Crippen molar-refractivity contribution in [2.45, 2.75) is 39.2 Å². The fraction of sp³-hybridized carbons (Fsp3) is 0.474. The Kier molecular flexibility index (Phi) is 5.59. The van der Waals surface area contributed by atoms with Crippen LogP contribution in [0.4, 0.5) is 0 Å². The van der Waals surface area contributed by atoms with Crippen molar-refractivity contribution in [3.63, 3.8) is 0 Å². The lowest BCUT2D eigenvalue weighted by Crippen LogP contribution is -2.32. The number of nitrogens with zero attached hydrogens (tertiary/aromatic N) is 3. The van der Waals surface area contributed by atoms with Gasteiger partial charge in [0, 0.05) is 25.8 Å². The van der Waals surface area contributed by atoms with E-state index >= 15 is 0 Å². The molecule has 0 aliphatic heterocycles. The third kappa shape index (κ3) is 4.21. The molecule has 0 saturated carbocycles. The van der Waals surface area contributed by atoms with E-state index in [2.05, 4.69) is 24.7 Å². The number of allylic oxidation sites excluding steroid dienone is 5. The summed E-state index contributed by atoms with van der Waals surface area (Å²) in [7, 11) is 3.97. The quantitative estimate of drug-likeness (QED) is 0.296. The van der Waals surface area contributed by atoms with Gasteiger partial charge < -0.3 is 9.67 Å². The zero-order valence-electron chi connectivity index (χ0n) is 14.7. The molecule has 1 aromatic heterocycles. The molecular weight excluding hydrogens is 286 g/mol. The van der Waals surface area contributed by atoms with Crippen LogP contribution >= 0.6 is 0 Å². The Hall–Kier alpha value is -2.10. The van der Waals surface area contributed by atoms with Gasteiger partial charge in [-0.3, -0.25) is 0 Å². The molecule has 1 N–H and O–H groups in total. The third-order valence-corrected chi connectivity index (χ3v) is 4.58. The predicted molar refractivity (Wildman–Crippen MR) is 95.8 cm³/mol. The summed E-state index contributed by atoms with van der Waals surface area (Å²) >= 11 is 0. The lowest BCUT2D eigenvalue weighted by atomic mass is 9.83. The molecule has 2 rings (SSSR count). The van der Waals surface area contributed by atoms with E-state index in [1.165, 1.54) is 5.57 Å². The monoisotopic (exact) mass is 314 g/mol. The largest absolute Gasteiger partial charge is 0.512 e. The van der Waals surface area contributed by atoms with E-state index < -0.39 is 0 Å². The number of hydrogen-bond acceptors (Lipinski definition) is 2. The van der Waals surface area contributed by atoms with Crippen LogP contribution in [-0.4, -0.2) is 39.0 Å². The van der Waals surface area contributed by atoms with Gasteiger partial charge in [0.05, 0.1) is 24.0 Å². The molecule has 1 aliphatic rings. The molecule has 1 aromatic rings. The molecule has 0 amide bonds. The first-order chi connectivity index (χ1) is 10.9. The number of aromatic nitrogens is 2. The van der Waals surface area contributed by atoms with Gasteiger partial charge in [0.2, 0.25) is 0 Å². The van der Waals surface area contributed by atoms with Crippen molar-refractivity contribution < 1.29 is 9.68 Å². The van der Waals surface area contributed by atoms with Gasteiger partial charge in [-0.1, -0.05) is 17.7 Å². The van der Waals surface area contributed by atoms with E-state index in [9.17, 15) is 5.11 Å². The van der Waals surface area contributed by atoms with Crippen LogP contribution in [0.3, 0.4) is 0 Å². The second-order valence-electron chi connectivity index (χ2n) is 6.51. The first kappa shape index (κ1) is 17.3. The molecule has 0 bridgehead atoms. The Bertz CT molecular complexity index is 664. The summed E-state index contributed by atoms with van der Waals surface area (Å²) in [5, 5.41) is 10.5. The van der Waals surface area contributed by atoms with Crippen LogP contribution in [0.1, 0.15) is 38.8 Å². The Labute approximate surface area is 139 Å². The molecule has 1 heterocycles. The van der Waals surface area contributed by atoms with E-state index in [1.54, 1.807) is 6.33 Å². The van der Waals surface area contributed by atoms with Crippen molar-refractivity contribution in [2.75, 3.05) is 7.05 Å². The predicted octanol–water partition coefficient (Wildman–Crippen LogP) is 3.72. The highest BCUT2D eigenvalue weighted by Crippen LogP contribution is 2.30. The first-order valence-electron chi connectivity index (χ1n) is 8.15. The molecule has 124 valence electrons. The molecule has 0 aromatic carbocycles. The van der Waals surface area contributed by atoms with E-state index in [0.717, 1.165) is 24.1 Å². The van der Waals surface area contributed by atoms with Crippen LogP contribution in [0.5, 0.6) is 0 Å². The van der Waals surface area contributed by atoms with Crippen LogP contribution in [0, 0.1) is 5.92 Å². The number of aliphatic hydroxyl groups excluding tert-OH is 1. The Morgan fingerprint density at radius 1 is 1.57 bits per heavy atom. The number of hydrogen-bond donors (Lipinski definition) is 1. The Morgan fingerprint density at radius 2 is 2.30 bits per heavy atom. The summed E-state index contributed by atoms with van der Waals surface area (Å²) < 4.78 is 3.98. The van der Waals surface area contributed by atoms with Crippen molar-refractivity contribution >= 4 is 12.3 Å². The third-order valence-electron chi connectivity index (χ3n) is 4.58.